The van der Waals surface area contributed by atoms with Crippen LogP contribution in [0.15, 0.2) is 24.3 Å². The van der Waals surface area contributed by atoms with Gasteiger partial charge in [0.1, 0.15) is 17.9 Å². The molecule has 7 nitrogen and oxygen atoms in total. The van der Waals surface area contributed by atoms with Crippen LogP contribution in [0.3, 0.4) is 0 Å². The Hall–Kier alpha value is -2.48. The predicted octanol–water partition coefficient (Wildman–Crippen LogP) is 0.790. The smallest absolute Gasteiger partial charge is 0.325 e. The molecule has 3 N–H and O–H groups in total. The standard InChI is InChI=1S/C18H23FN4O3/c1-18(13-2-4-14(19)5-3-13)16(25)23(17(26)21-18)11-15(24)22-8-6-12(10-20)7-9-22/h2-5,12H,6-11,20H2,1H3,(H,21,26). The van der Waals surface area contributed by atoms with E-state index >= 15 is 0 Å². The van der Waals surface area contributed by atoms with Crippen molar-refractivity contribution >= 4 is 17.8 Å². The van der Waals surface area contributed by atoms with Gasteiger partial charge in [0.15, 0.2) is 0 Å². The number of imide groups is 1. The third-order valence-corrected chi connectivity index (χ3v) is 5.29. The number of hydrogen-bond donors (Lipinski definition) is 2. The van der Waals surface area contributed by atoms with Crippen molar-refractivity contribution in [3.05, 3.63) is 35.6 Å². The first kappa shape index (κ1) is 18.3. The quantitative estimate of drug-likeness (QED) is 0.774. The molecule has 1 unspecified atom stereocenters. The number of urea groups is 1. The van der Waals surface area contributed by atoms with Crippen LogP contribution in [0.4, 0.5) is 9.18 Å². The molecule has 3 rings (SSSR count). The van der Waals surface area contributed by atoms with Crippen LogP contribution in [0.1, 0.15) is 25.3 Å². The minimum absolute atomic E-state index is 0.257. The van der Waals surface area contributed by atoms with E-state index in [1.807, 2.05) is 0 Å². The Morgan fingerprint density at radius 2 is 1.88 bits per heavy atom. The molecule has 1 aromatic carbocycles. The van der Waals surface area contributed by atoms with E-state index in [4.69, 9.17) is 5.73 Å². The van der Waals surface area contributed by atoms with Crippen molar-refractivity contribution in [3.63, 3.8) is 0 Å². The Morgan fingerprint density at radius 3 is 2.46 bits per heavy atom. The molecule has 2 heterocycles. The zero-order chi connectivity index (χ0) is 18.9. The normalized spacial score (nSPS) is 24.1. The summed E-state index contributed by atoms with van der Waals surface area (Å²) in [5.41, 5.74) is 4.82. The van der Waals surface area contributed by atoms with Gasteiger partial charge in [0.2, 0.25) is 5.91 Å². The van der Waals surface area contributed by atoms with Crippen LogP contribution in [0.2, 0.25) is 0 Å². The molecule has 4 amide bonds. The number of benzene rings is 1. The lowest BCUT2D eigenvalue weighted by Crippen LogP contribution is -2.47. The van der Waals surface area contributed by atoms with Gasteiger partial charge in [-0.3, -0.25) is 14.5 Å². The molecule has 0 aromatic heterocycles. The maximum Gasteiger partial charge on any atom is 0.325 e. The number of piperidine rings is 1. The third-order valence-electron chi connectivity index (χ3n) is 5.29. The monoisotopic (exact) mass is 362 g/mol. The van der Waals surface area contributed by atoms with Gasteiger partial charge in [-0.25, -0.2) is 9.18 Å². The Bertz CT molecular complexity index is 716. The number of likely N-dealkylation sites (tertiary alicyclic amines) is 1. The summed E-state index contributed by atoms with van der Waals surface area (Å²) in [4.78, 5) is 40.2. The van der Waals surface area contributed by atoms with Crippen molar-refractivity contribution in [2.24, 2.45) is 11.7 Å². The van der Waals surface area contributed by atoms with Crippen LogP contribution in [0.5, 0.6) is 0 Å². The Morgan fingerprint density at radius 1 is 1.27 bits per heavy atom. The summed E-state index contributed by atoms with van der Waals surface area (Å²) >= 11 is 0. The van der Waals surface area contributed by atoms with Crippen molar-refractivity contribution in [3.8, 4) is 0 Å². The Labute approximate surface area is 151 Å². The van der Waals surface area contributed by atoms with Gasteiger partial charge in [0.05, 0.1) is 0 Å². The van der Waals surface area contributed by atoms with E-state index < -0.39 is 23.3 Å². The third kappa shape index (κ3) is 3.29. The van der Waals surface area contributed by atoms with E-state index in [1.165, 1.54) is 24.3 Å². The highest BCUT2D eigenvalue weighted by Gasteiger charge is 2.49. The summed E-state index contributed by atoms with van der Waals surface area (Å²) in [7, 11) is 0. The van der Waals surface area contributed by atoms with Crippen molar-refractivity contribution in [1.29, 1.82) is 0 Å². The number of carbonyl (C=O) groups excluding carboxylic acids is 3. The summed E-state index contributed by atoms with van der Waals surface area (Å²) < 4.78 is 13.1. The van der Waals surface area contributed by atoms with E-state index in [1.54, 1.807) is 11.8 Å². The maximum absolute atomic E-state index is 13.1. The maximum atomic E-state index is 13.1. The molecule has 0 aliphatic carbocycles. The fraction of sp³-hybridized carbons (Fsp3) is 0.500. The molecule has 0 bridgehead atoms. The molecule has 2 aliphatic rings. The lowest BCUT2D eigenvalue weighted by Gasteiger charge is -2.32. The largest absolute Gasteiger partial charge is 0.341 e. The average Bonchev–Trinajstić information content (AvgIpc) is 2.86. The van der Waals surface area contributed by atoms with Crippen LogP contribution in [0.25, 0.3) is 0 Å². The van der Waals surface area contributed by atoms with Gasteiger partial charge < -0.3 is 16.0 Å². The number of hydrogen-bond acceptors (Lipinski definition) is 4. The molecule has 0 spiro atoms. The van der Waals surface area contributed by atoms with Crippen molar-refractivity contribution in [2.45, 2.75) is 25.3 Å². The first-order valence-electron chi connectivity index (χ1n) is 8.73. The average molecular weight is 362 g/mol. The zero-order valence-corrected chi connectivity index (χ0v) is 14.7. The molecule has 140 valence electrons. The van der Waals surface area contributed by atoms with E-state index in [2.05, 4.69) is 5.32 Å². The lowest BCUT2D eigenvalue weighted by molar-refractivity contribution is -0.139. The number of nitrogens with one attached hydrogen (secondary N) is 1. The molecule has 2 aliphatic heterocycles. The highest BCUT2D eigenvalue weighted by Crippen LogP contribution is 2.29. The van der Waals surface area contributed by atoms with Crippen molar-refractivity contribution < 1.29 is 18.8 Å². The van der Waals surface area contributed by atoms with Gasteiger partial charge in [-0.05, 0) is 49.9 Å². The number of amides is 4. The summed E-state index contributed by atoms with van der Waals surface area (Å²) in [6.07, 6.45) is 1.66. The van der Waals surface area contributed by atoms with Crippen LogP contribution < -0.4 is 11.1 Å². The van der Waals surface area contributed by atoms with Crippen LogP contribution in [0, 0.1) is 11.7 Å². The van der Waals surface area contributed by atoms with Crippen molar-refractivity contribution in [2.75, 3.05) is 26.2 Å². The molecule has 8 heteroatoms. The number of nitrogens with two attached hydrogens (primary N) is 1. The molecular formula is C18H23FN4O3. The fourth-order valence-electron chi connectivity index (χ4n) is 3.47. The van der Waals surface area contributed by atoms with Gasteiger partial charge in [-0.1, -0.05) is 12.1 Å². The van der Waals surface area contributed by atoms with Crippen molar-refractivity contribution in [1.82, 2.24) is 15.1 Å². The second kappa shape index (κ2) is 7.03. The zero-order valence-electron chi connectivity index (χ0n) is 14.7. The summed E-state index contributed by atoms with van der Waals surface area (Å²) in [5.74, 6) is -0.786. The second-order valence-electron chi connectivity index (χ2n) is 7.01. The fourth-order valence-corrected chi connectivity index (χ4v) is 3.47. The molecule has 1 atom stereocenters. The van der Waals surface area contributed by atoms with E-state index in [9.17, 15) is 18.8 Å². The predicted molar refractivity (Wildman–Crippen MR) is 92.4 cm³/mol. The molecule has 26 heavy (non-hydrogen) atoms. The summed E-state index contributed by atoms with van der Waals surface area (Å²) in [6.45, 7) is 3.02. The first-order chi connectivity index (χ1) is 12.3. The SMILES string of the molecule is CC1(c2ccc(F)cc2)NC(=O)N(CC(=O)N2CCC(CN)CC2)C1=O. The van der Waals surface area contributed by atoms with Crippen LogP contribution >= 0.6 is 0 Å². The van der Waals surface area contributed by atoms with Gasteiger partial charge in [0, 0.05) is 13.1 Å². The number of halogens is 1. The number of rotatable bonds is 4. The van der Waals surface area contributed by atoms with Gasteiger partial charge in [-0.2, -0.15) is 0 Å². The molecule has 2 saturated heterocycles. The molecule has 2 fully saturated rings. The molecule has 1 aromatic rings. The molecule has 0 saturated carbocycles. The Balaban J connectivity index is 1.69. The van der Waals surface area contributed by atoms with Gasteiger partial charge in [0.25, 0.3) is 5.91 Å². The Kier molecular flexibility index (Phi) is 4.95. The second-order valence-corrected chi connectivity index (χ2v) is 7.01. The van der Waals surface area contributed by atoms with E-state index in [0.717, 1.165) is 17.7 Å². The van der Waals surface area contributed by atoms with E-state index in [-0.39, 0.29) is 12.5 Å². The van der Waals surface area contributed by atoms with Gasteiger partial charge in [-0.15, -0.1) is 0 Å². The lowest BCUT2D eigenvalue weighted by atomic mass is 9.92. The van der Waals surface area contributed by atoms with Gasteiger partial charge >= 0.3 is 6.03 Å². The minimum Gasteiger partial charge on any atom is -0.341 e. The number of carbonyl (C=O) groups is 3. The molecule has 0 radical (unpaired) electrons. The minimum atomic E-state index is -1.31. The molecular weight excluding hydrogens is 339 g/mol. The highest BCUT2D eigenvalue weighted by molar-refractivity contribution is 6.09. The van der Waals surface area contributed by atoms with Crippen LogP contribution in [-0.2, 0) is 15.1 Å². The first-order valence-corrected chi connectivity index (χ1v) is 8.73. The topological polar surface area (TPSA) is 95.7 Å². The highest BCUT2D eigenvalue weighted by atomic mass is 19.1. The summed E-state index contributed by atoms with van der Waals surface area (Å²) in [5, 5.41) is 2.62. The van der Waals surface area contributed by atoms with E-state index in [0.29, 0.717) is 31.1 Å². The summed E-state index contributed by atoms with van der Waals surface area (Å²) in [6, 6.07) is 4.75. The number of nitrogens with zero attached hydrogens (tertiary/aromatic N) is 2. The van der Waals surface area contributed by atoms with Crippen LogP contribution in [-0.4, -0.2) is 53.8 Å².